The number of nitrogens with zero attached hydrogens (tertiary/aromatic N) is 1. The summed E-state index contributed by atoms with van der Waals surface area (Å²) in [6.45, 7) is 5.82. The highest BCUT2D eigenvalue weighted by molar-refractivity contribution is 6.31. The minimum absolute atomic E-state index is 0.169. The van der Waals surface area contributed by atoms with Crippen molar-refractivity contribution in [2.24, 2.45) is 0 Å². The summed E-state index contributed by atoms with van der Waals surface area (Å²) in [5.74, 6) is 0.0501. The van der Waals surface area contributed by atoms with Crippen LogP contribution in [0.15, 0.2) is 22.6 Å². The second kappa shape index (κ2) is 8.10. The topological polar surface area (TPSA) is 93.5 Å². The lowest BCUT2D eigenvalue weighted by molar-refractivity contribution is -0.130. The third-order valence-electron chi connectivity index (χ3n) is 4.50. The van der Waals surface area contributed by atoms with Crippen LogP contribution in [0, 0.1) is 13.8 Å². The molecule has 144 valence electrons. The van der Waals surface area contributed by atoms with Gasteiger partial charge in [0, 0.05) is 17.3 Å². The summed E-state index contributed by atoms with van der Waals surface area (Å²) in [7, 11) is 0. The molecular formula is C19H22ClN3O4. The van der Waals surface area contributed by atoms with Crippen molar-refractivity contribution in [3.05, 3.63) is 46.1 Å². The molecule has 2 amide bonds. The smallest absolute Gasteiger partial charge is 0.277 e. The molecule has 1 aliphatic heterocycles. The first-order chi connectivity index (χ1) is 12.9. The van der Waals surface area contributed by atoms with Gasteiger partial charge in [-0.3, -0.25) is 9.59 Å². The van der Waals surface area contributed by atoms with Gasteiger partial charge in [-0.05, 0) is 51.3 Å². The Morgan fingerprint density at radius 3 is 2.81 bits per heavy atom. The lowest BCUT2D eigenvalue weighted by atomic mass is 10.2. The number of nitrogens with one attached hydrogen (secondary N) is 2. The number of carbonyl (C=O) groups is 2. The average Bonchev–Trinajstić information content (AvgIpc) is 3.28. The molecule has 0 unspecified atom stereocenters. The maximum absolute atomic E-state index is 12.6. The first-order valence-corrected chi connectivity index (χ1v) is 9.20. The van der Waals surface area contributed by atoms with Crippen molar-refractivity contribution in [3.8, 4) is 0 Å². The van der Waals surface area contributed by atoms with E-state index in [0.29, 0.717) is 29.5 Å². The first-order valence-electron chi connectivity index (χ1n) is 8.82. The summed E-state index contributed by atoms with van der Waals surface area (Å²) in [4.78, 5) is 29.0. The van der Waals surface area contributed by atoms with E-state index in [4.69, 9.17) is 20.8 Å². The third-order valence-corrected chi connectivity index (χ3v) is 4.90. The summed E-state index contributed by atoms with van der Waals surface area (Å²) >= 11 is 6.09. The highest BCUT2D eigenvalue weighted by atomic mass is 35.5. The highest BCUT2D eigenvalue weighted by Crippen LogP contribution is 2.24. The van der Waals surface area contributed by atoms with E-state index < -0.39 is 18.1 Å². The van der Waals surface area contributed by atoms with Crippen molar-refractivity contribution in [2.75, 3.05) is 11.9 Å². The Morgan fingerprint density at radius 2 is 2.11 bits per heavy atom. The average molecular weight is 392 g/mol. The summed E-state index contributed by atoms with van der Waals surface area (Å²) in [5, 5.41) is 6.17. The van der Waals surface area contributed by atoms with E-state index >= 15 is 0 Å². The van der Waals surface area contributed by atoms with Crippen molar-refractivity contribution >= 4 is 29.1 Å². The predicted molar refractivity (Wildman–Crippen MR) is 101 cm³/mol. The van der Waals surface area contributed by atoms with Gasteiger partial charge in [0.25, 0.3) is 5.91 Å². The summed E-state index contributed by atoms with van der Waals surface area (Å²) < 4.78 is 11.0. The number of carbonyl (C=O) groups excluding carboxylic acids is 2. The van der Waals surface area contributed by atoms with Crippen LogP contribution in [0.3, 0.4) is 0 Å². The molecule has 1 aromatic heterocycles. The van der Waals surface area contributed by atoms with Gasteiger partial charge in [-0.25, -0.2) is 4.98 Å². The van der Waals surface area contributed by atoms with Gasteiger partial charge in [0.05, 0.1) is 0 Å². The van der Waals surface area contributed by atoms with Crippen molar-refractivity contribution in [2.45, 2.75) is 45.8 Å². The Balaban J connectivity index is 1.70. The molecule has 0 bridgehead atoms. The van der Waals surface area contributed by atoms with E-state index in [0.717, 1.165) is 12.0 Å². The molecule has 8 heteroatoms. The molecule has 1 fully saturated rings. The normalized spacial score (nSPS) is 17.6. The van der Waals surface area contributed by atoms with Crippen molar-refractivity contribution in [1.82, 2.24) is 10.3 Å². The van der Waals surface area contributed by atoms with Crippen LogP contribution in [0.25, 0.3) is 0 Å². The van der Waals surface area contributed by atoms with Crippen LogP contribution in [-0.2, 0) is 9.53 Å². The molecule has 27 heavy (non-hydrogen) atoms. The molecule has 3 rings (SSSR count). The van der Waals surface area contributed by atoms with Gasteiger partial charge in [0.15, 0.2) is 5.69 Å². The lowest BCUT2D eigenvalue weighted by Crippen LogP contribution is -2.36. The number of hydrogen-bond donors (Lipinski definition) is 2. The summed E-state index contributed by atoms with van der Waals surface area (Å²) in [6, 6.07) is 4.80. The van der Waals surface area contributed by atoms with Crippen LogP contribution in [-0.4, -0.2) is 29.5 Å². The Hall–Kier alpha value is -2.38. The number of aromatic nitrogens is 1. The maximum atomic E-state index is 12.6. The van der Waals surface area contributed by atoms with Gasteiger partial charge in [0.1, 0.15) is 17.9 Å². The number of ether oxygens (including phenoxy) is 1. The molecule has 0 spiro atoms. The van der Waals surface area contributed by atoms with Gasteiger partial charge in [-0.2, -0.15) is 0 Å². The zero-order chi connectivity index (χ0) is 19.6. The molecule has 2 aromatic rings. The Bertz CT molecular complexity index is 859. The Kier molecular flexibility index (Phi) is 5.82. The van der Waals surface area contributed by atoms with Crippen molar-refractivity contribution in [3.63, 3.8) is 0 Å². The third kappa shape index (κ3) is 4.31. The summed E-state index contributed by atoms with van der Waals surface area (Å²) in [6.07, 6.45) is 1.14. The van der Waals surface area contributed by atoms with E-state index in [1.807, 2.05) is 6.92 Å². The van der Waals surface area contributed by atoms with Crippen LogP contribution in [0.5, 0.6) is 0 Å². The fourth-order valence-electron chi connectivity index (χ4n) is 2.89. The summed E-state index contributed by atoms with van der Waals surface area (Å²) in [5.41, 5.74) is 1.55. The number of aryl methyl sites for hydroxylation is 1. The number of oxazole rings is 1. The molecule has 1 saturated heterocycles. The number of benzene rings is 1. The lowest BCUT2D eigenvalue weighted by Gasteiger charge is -2.14. The van der Waals surface area contributed by atoms with E-state index in [9.17, 15) is 9.59 Å². The van der Waals surface area contributed by atoms with E-state index in [1.165, 1.54) is 0 Å². The Labute approximate surface area is 162 Å². The molecular weight excluding hydrogens is 370 g/mol. The van der Waals surface area contributed by atoms with Crippen LogP contribution in [0.1, 0.15) is 53.5 Å². The molecule has 2 heterocycles. The molecule has 0 aliphatic carbocycles. The van der Waals surface area contributed by atoms with Crippen LogP contribution < -0.4 is 10.6 Å². The second-order valence-electron chi connectivity index (χ2n) is 6.56. The van der Waals surface area contributed by atoms with Gasteiger partial charge in [-0.1, -0.05) is 17.7 Å². The van der Waals surface area contributed by atoms with Crippen molar-refractivity contribution in [1.29, 1.82) is 0 Å². The molecule has 0 saturated carbocycles. The zero-order valence-electron chi connectivity index (χ0n) is 15.5. The number of amides is 2. The van der Waals surface area contributed by atoms with Crippen LogP contribution in [0.4, 0.5) is 5.69 Å². The highest BCUT2D eigenvalue weighted by Gasteiger charge is 2.27. The van der Waals surface area contributed by atoms with E-state index in [1.54, 1.807) is 32.0 Å². The minimum Gasteiger partial charge on any atom is -0.443 e. The maximum Gasteiger partial charge on any atom is 0.277 e. The number of halogens is 1. The largest absolute Gasteiger partial charge is 0.443 e. The van der Waals surface area contributed by atoms with Crippen LogP contribution >= 0.6 is 11.6 Å². The fourth-order valence-corrected chi connectivity index (χ4v) is 3.06. The molecule has 2 N–H and O–H groups in total. The van der Waals surface area contributed by atoms with Gasteiger partial charge < -0.3 is 19.8 Å². The molecule has 7 nitrogen and oxygen atoms in total. The molecule has 1 aliphatic rings. The fraction of sp³-hybridized carbons (Fsp3) is 0.421. The monoisotopic (exact) mass is 391 g/mol. The van der Waals surface area contributed by atoms with Gasteiger partial charge >= 0.3 is 0 Å². The molecule has 0 radical (unpaired) electrons. The first kappa shape index (κ1) is 19.4. The SMILES string of the molecule is Cc1oc([C@H](C)NC(=O)[C@@H]2CCCO2)nc1C(=O)Nc1cccc(Cl)c1C. The van der Waals surface area contributed by atoms with E-state index in [-0.39, 0.29) is 17.5 Å². The zero-order valence-corrected chi connectivity index (χ0v) is 16.2. The minimum atomic E-state index is -0.477. The van der Waals surface area contributed by atoms with Gasteiger partial charge in [-0.15, -0.1) is 0 Å². The second-order valence-corrected chi connectivity index (χ2v) is 6.96. The van der Waals surface area contributed by atoms with Crippen LogP contribution in [0.2, 0.25) is 5.02 Å². The number of anilines is 1. The quantitative estimate of drug-likeness (QED) is 0.812. The van der Waals surface area contributed by atoms with Crippen molar-refractivity contribution < 1.29 is 18.7 Å². The standard InChI is InChI=1S/C19H22ClN3O4/c1-10-13(20)6-4-7-14(10)22-18(25)16-12(3)27-19(23-16)11(2)21-17(24)15-8-5-9-26-15/h4,6-7,11,15H,5,8-9H2,1-3H3,(H,21,24)(H,22,25)/t11-,15-/m0/s1. The number of hydrogen-bond acceptors (Lipinski definition) is 5. The molecule has 1 aromatic carbocycles. The van der Waals surface area contributed by atoms with Gasteiger partial charge in [0.2, 0.25) is 11.8 Å². The van der Waals surface area contributed by atoms with E-state index in [2.05, 4.69) is 15.6 Å². The molecule has 2 atom stereocenters. The predicted octanol–water partition coefficient (Wildman–Crippen LogP) is 3.55. The Morgan fingerprint density at radius 1 is 1.33 bits per heavy atom. The number of rotatable bonds is 5.